The summed E-state index contributed by atoms with van der Waals surface area (Å²) in [6.45, 7) is 14.6. The average Bonchev–Trinajstić information content (AvgIpc) is 3.08. The molecule has 0 aromatic heterocycles. The van der Waals surface area contributed by atoms with Crippen LogP contribution in [-0.2, 0) is 14.4 Å². The molecule has 214 valence electrons. The number of carbonyl (C=O) groups excluding carboxylic acids is 4. The van der Waals surface area contributed by atoms with Gasteiger partial charge < -0.3 is 0 Å². The maximum absolute atomic E-state index is 15.1. The molecule has 4 bridgehead atoms. The van der Waals surface area contributed by atoms with Crippen LogP contribution in [0.1, 0.15) is 104 Å². The highest BCUT2D eigenvalue weighted by molar-refractivity contribution is 6.42. The van der Waals surface area contributed by atoms with Crippen LogP contribution in [-0.4, -0.2) is 23.1 Å². The minimum atomic E-state index is -1.85. The van der Waals surface area contributed by atoms with Crippen LogP contribution in [0.4, 0.5) is 0 Å². The van der Waals surface area contributed by atoms with Gasteiger partial charge in [0.1, 0.15) is 0 Å². The van der Waals surface area contributed by atoms with Gasteiger partial charge in [-0.2, -0.15) is 0 Å². The lowest BCUT2D eigenvalue weighted by Crippen LogP contribution is -2.75. The Hall–Kier alpha value is -2.62. The number of hydrogen-bond acceptors (Lipinski definition) is 4. The van der Waals surface area contributed by atoms with Crippen LogP contribution in [0.15, 0.2) is 54.1 Å². The van der Waals surface area contributed by atoms with E-state index in [0.717, 1.165) is 24.8 Å². The van der Waals surface area contributed by atoms with Crippen molar-refractivity contribution in [3.8, 4) is 0 Å². The topological polar surface area (TPSA) is 68.3 Å². The van der Waals surface area contributed by atoms with Crippen molar-refractivity contribution in [2.24, 2.45) is 44.8 Å². The van der Waals surface area contributed by atoms with Crippen molar-refractivity contribution in [1.82, 2.24) is 0 Å². The number of allylic oxidation sites excluding steroid dienone is 4. The molecule has 5 aliphatic rings. The highest BCUT2D eigenvalue weighted by Crippen LogP contribution is 2.75. The number of ketones is 4. The van der Waals surface area contributed by atoms with Crippen LogP contribution < -0.4 is 0 Å². The molecule has 1 aromatic rings. The molecule has 1 aromatic carbocycles. The molecule has 0 aliphatic heterocycles. The molecule has 5 atom stereocenters. The van der Waals surface area contributed by atoms with E-state index in [2.05, 4.69) is 52.8 Å². The van der Waals surface area contributed by atoms with E-state index >= 15 is 9.59 Å². The third-order valence-corrected chi connectivity index (χ3v) is 11.6. The maximum Gasteiger partial charge on any atom is 0.184 e. The number of rotatable bonds is 8. The standard InChI is InChI=1S/C36H46O4/c1-23(2)13-11-12-14-24(3)17-18-34-22-26-21-27-32(4,5)19-20-35(27,29(34)38)31(40)36(30(34)39,33(26,6)7)28(37)25-15-9-8-10-16-25/h8-11,13,15-17,23,26-27H,12,14,18-22H2,1-7H3/b13-11+,24-17+/t26-,27-,34+,35-,36+/m1/s1. The van der Waals surface area contributed by atoms with E-state index in [9.17, 15) is 9.59 Å². The van der Waals surface area contributed by atoms with Crippen LogP contribution in [0.2, 0.25) is 0 Å². The second-order valence-corrected chi connectivity index (χ2v) is 14.9. The molecule has 0 N–H and O–H groups in total. The first-order chi connectivity index (χ1) is 18.7. The zero-order valence-electron chi connectivity index (χ0n) is 25.4. The van der Waals surface area contributed by atoms with E-state index in [1.807, 2.05) is 19.9 Å². The quantitative estimate of drug-likeness (QED) is 0.191. The fourth-order valence-electron chi connectivity index (χ4n) is 9.15. The number of benzene rings is 1. The average molecular weight is 543 g/mol. The Morgan fingerprint density at radius 2 is 1.65 bits per heavy atom. The second-order valence-electron chi connectivity index (χ2n) is 14.9. The summed E-state index contributed by atoms with van der Waals surface area (Å²) in [5.41, 5.74) is -4.02. The van der Waals surface area contributed by atoms with E-state index in [0.29, 0.717) is 30.7 Å². The molecule has 0 saturated heterocycles. The lowest BCUT2D eigenvalue weighted by Gasteiger charge is -2.60. The van der Waals surface area contributed by atoms with Crippen molar-refractivity contribution in [3.05, 3.63) is 59.7 Å². The predicted octanol–water partition coefficient (Wildman–Crippen LogP) is 7.76. The normalized spacial score (nSPS) is 36.0. The van der Waals surface area contributed by atoms with Crippen molar-refractivity contribution < 1.29 is 19.2 Å². The Morgan fingerprint density at radius 3 is 2.30 bits per heavy atom. The van der Waals surface area contributed by atoms with Crippen LogP contribution in [0.3, 0.4) is 0 Å². The van der Waals surface area contributed by atoms with Crippen molar-refractivity contribution >= 4 is 23.1 Å². The largest absolute Gasteiger partial charge is 0.297 e. The summed E-state index contributed by atoms with van der Waals surface area (Å²) in [7, 11) is 0. The molecule has 4 heteroatoms. The Balaban J connectivity index is 1.69. The van der Waals surface area contributed by atoms with Gasteiger partial charge in [0.25, 0.3) is 0 Å². The Kier molecular flexibility index (Phi) is 6.83. The molecule has 0 radical (unpaired) electrons. The molecule has 6 rings (SSSR count). The second kappa shape index (κ2) is 9.46. The molecule has 5 fully saturated rings. The molecular formula is C36H46O4. The van der Waals surface area contributed by atoms with Crippen molar-refractivity contribution in [2.45, 2.75) is 93.4 Å². The minimum absolute atomic E-state index is 0.0832. The van der Waals surface area contributed by atoms with Gasteiger partial charge in [-0.1, -0.05) is 95.7 Å². The maximum atomic E-state index is 15.1. The van der Waals surface area contributed by atoms with Gasteiger partial charge in [0.2, 0.25) is 0 Å². The first kappa shape index (κ1) is 28.9. The molecule has 1 spiro atoms. The van der Waals surface area contributed by atoms with Gasteiger partial charge in [0.15, 0.2) is 28.5 Å². The van der Waals surface area contributed by atoms with Gasteiger partial charge in [-0.05, 0) is 80.5 Å². The highest BCUT2D eigenvalue weighted by atomic mass is 16.2. The molecular weight excluding hydrogens is 496 g/mol. The smallest absolute Gasteiger partial charge is 0.184 e. The zero-order chi connectivity index (χ0) is 29.3. The Morgan fingerprint density at radius 1 is 0.975 bits per heavy atom. The Labute approximate surface area is 240 Å². The molecule has 0 unspecified atom stereocenters. The summed E-state index contributed by atoms with van der Waals surface area (Å²) in [4.78, 5) is 59.7. The lowest BCUT2D eigenvalue weighted by atomic mass is 9.37. The highest BCUT2D eigenvalue weighted by Gasteiger charge is 2.85. The lowest BCUT2D eigenvalue weighted by molar-refractivity contribution is -0.181. The van der Waals surface area contributed by atoms with Crippen molar-refractivity contribution in [3.63, 3.8) is 0 Å². The van der Waals surface area contributed by atoms with E-state index in [-0.39, 0.29) is 35.2 Å². The third-order valence-electron chi connectivity index (χ3n) is 11.6. The van der Waals surface area contributed by atoms with Crippen LogP contribution in [0, 0.1) is 44.8 Å². The first-order valence-corrected chi connectivity index (χ1v) is 15.3. The fourth-order valence-corrected chi connectivity index (χ4v) is 9.15. The Bertz CT molecular complexity index is 1310. The molecule has 0 heterocycles. The first-order valence-electron chi connectivity index (χ1n) is 15.3. The van der Waals surface area contributed by atoms with E-state index in [4.69, 9.17) is 0 Å². The SMILES string of the molecule is C/C(=C\C[C@]12C[C@H]3C[C@@H]4C(C)(C)CC[C@@]4(C1=O)C(=O)[C@](C(=O)c1ccccc1)(C2=O)C3(C)C)CC/C=C/C(C)C. The summed E-state index contributed by atoms with van der Waals surface area (Å²) >= 11 is 0. The predicted molar refractivity (Wildman–Crippen MR) is 158 cm³/mol. The molecule has 5 saturated carbocycles. The number of hydrogen-bond donors (Lipinski definition) is 0. The van der Waals surface area contributed by atoms with Gasteiger partial charge >= 0.3 is 0 Å². The van der Waals surface area contributed by atoms with Gasteiger partial charge in [-0.25, -0.2) is 0 Å². The van der Waals surface area contributed by atoms with Crippen molar-refractivity contribution in [1.29, 1.82) is 0 Å². The minimum Gasteiger partial charge on any atom is -0.297 e. The van der Waals surface area contributed by atoms with Gasteiger partial charge in [0.05, 0.1) is 10.8 Å². The van der Waals surface area contributed by atoms with Crippen LogP contribution in [0.5, 0.6) is 0 Å². The molecule has 0 amide bonds. The fraction of sp³-hybridized carbons (Fsp3) is 0.611. The van der Waals surface area contributed by atoms with Crippen molar-refractivity contribution in [2.75, 3.05) is 0 Å². The van der Waals surface area contributed by atoms with E-state index in [1.165, 1.54) is 0 Å². The molecule has 40 heavy (non-hydrogen) atoms. The van der Waals surface area contributed by atoms with Gasteiger partial charge in [-0.15, -0.1) is 0 Å². The molecule has 5 aliphatic carbocycles. The van der Waals surface area contributed by atoms with Gasteiger partial charge in [0, 0.05) is 5.56 Å². The third kappa shape index (κ3) is 3.63. The number of Topliss-reactive ketones (excluding diaryl/α,β-unsaturated/α-hetero) is 4. The zero-order valence-corrected chi connectivity index (χ0v) is 25.4. The summed E-state index contributed by atoms with van der Waals surface area (Å²) < 4.78 is 0. The van der Waals surface area contributed by atoms with E-state index < -0.39 is 33.2 Å². The molecule has 4 nitrogen and oxygen atoms in total. The van der Waals surface area contributed by atoms with Crippen LogP contribution in [0.25, 0.3) is 0 Å². The van der Waals surface area contributed by atoms with E-state index in [1.54, 1.807) is 24.3 Å². The summed E-state index contributed by atoms with van der Waals surface area (Å²) in [6.07, 6.45) is 10.8. The van der Waals surface area contributed by atoms with Crippen LogP contribution >= 0.6 is 0 Å². The summed E-state index contributed by atoms with van der Waals surface area (Å²) in [5, 5.41) is 0. The number of carbonyl (C=O) groups is 4. The monoisotopic (exact) mass is 542 g/mol. The summed E-state index contributed by atoms with van der Waals surface area (Å²) in [6, 6.07) is 8.82. The van der Waals surface area contributed by atoms with Gasteiger partial charge in [-0.3, -0.25) is 19.2 Å². The summed E-state index contributed by atoms with van der Waals surface area (Å²) in [5.74, 6) is -1.14.